The lowest BCUT2D eigenvalue weighted by molar-refractivity contribution is 1.39. The summed E-state index contributed by atoms with van der Waals surface area (Å²) in [6.45, 7) is 4.19. The van der Waals surface area contributed by atoms with E-state index in [1.54, 1.807) is 0 Å². The van der Waals surface area contributed by atoms with Gasteiger partial charge in [-0.25, -0.2) is 0 Å². The van der Waals surface area contributed by atoms with Gasteiger partial charge in [-0.2, -0.15) is 0 Å². The van der Waals surface area contributed by atoms with Gasteiger partial charge in [0.25, 0.3) is 0 Å². The molecule has 0 saturated heterocycles. The fourth-order valence-corrected chi connectivity index (χ4v) is 4.29. The van der Waals surface area contributed by atoms with Crippen LogP contribution in [0.3, 0.4) is 0 Å². The molecule has 0 amide bonds. The molecular formula is C28H23N. The summed E-state index contributed by atoms with van der Waals surface area (Å²) in [7, 11) is 0. The molecule has 2 N–H and O–H groups in total. The molecule has 0 atom stereocenters. The van der Waals surface area contributed by atoms with E-state index in [4.69, 9.17) is 5.73 Å². The zero-order valence-corrected chi connectivity index (χ0v) is 16.7. The molecule has 0 aliphatic heterocycles. The van der Waals surface area contributed by atoms with E-state index in [-0.39, 0.29) is 0 Å². The maximum absolute atomic E-state index is 6.07. The van der Waals surface area contributed by atoms with Gasteiger partial charge in [-0.05, 0) is 87.0 Å². The summed E-state index contributed by atoms with van der Waals surface area (Å²) in [6.07, 6.45) is 0. The number of rotatable bonds is 2. The second-order valence-corrected chi connectivity index (χ2v) is 7.79. The summed E-state index contributed by atoms with van der Waals surface area (Å²) < 4.78 is 0. The Morgan fingerprint density at radius 3 is 1.72 bits per heavy atom. The lowest BCUT2D eigenvalue weighted by atomic mass is 9.90. The zero-order chi connectivity index (χ0) is 20.0. The van der Waals surface area contributed by atoms with Crippen LogP contribution in [-0.2, 0) is 0 Å². The smallest absolute Gasteiger partial charge is 0.0346 e. The minimum atomic E-state index is 0.852. The third-order valence-electron chi connectivity index (χ3n) is 5.87. The van der Waals surface area contributed by atoms with Gasteiger partial charge in [0.1, 0.15) is 0 Å². The van der Waals surface area contributed by atoms with Gasteiger partial charge in [-0.1, -0.05) is 72.8 Å². The molecule has 140 valence electrons. The van der Waals surface area contributed by atoms with E-state index < -0.39 is 0 Å². The summed E-state index contributed by atoms with van der Waals surface area (Å²) in [6, 6.07) is 32.8. The molecule has 0 bridgehead atoms. The zero-order valence-electron chi connectivity index (χ0n) is 16.7. The van der Waals surface area contributed by atoms with Crippen molar-refractivity contribution in [3.63, 3.8) is 0 Å². The molecule has 0 fully saturated rings. The Morgan fingerprint density at radius 2 is 1.10 bits per heavy atom. The van der Waals surface area contributed by atoms with Gasteiger partial charge in [-0.15, -0.1) is 0 Å². The summed E-state index contributed by atoms with van der Waals surface area (Å²) in [5.41, 5.74) is 14.3. The Hall–Kier alpha value is -3.58. The third-order valence-corrected chi connectivity index (χ3v) is 5.87. The van der Waals surface area contributed by atoms with Crippen LogP contribution < -0.4 is 5.73 Å². The van der Waals surface area contributed by atoms with Gasteiger partial charge in [-0.3, -0.25) is 0 Å². The average molecular weight is 373 g/mol. The Kier molecular flexibility index (Phi) is 4.10. The maximum atomic E-state index is 6.07. The third kappa shape index (κ3) is 2.96. The highest BCUT2D eigenvalue weighted by Crippen LogP contribution is 2.37. The minimum absolute atomic E-state index is 0.852. The second kappa shape index (κ2) is 6.79. The number of nitrogen functional groups attached to an aromatic ring is 1. The largest absolute Gasteiger partial charge is 0.399 e. The van der Waals surface area contributed by atoms with Gasteiger partial charge >= 0.3 is 0 Å². The van der Waals surface area contributed by atoms with Crippen LogP contribution >= 0.6 is 0 Å². The summed E-state index contributed by atoms with van der Waals surface area (Å²) >= 11 is 0. The summed E-state index contributed by atoms with van der Waals surface area (Å²) in [4.78, 5) is 0. The first kappa shape index (κ1) is 17.5. The molecule has 5 aromatic carbocycles. The molecule has 0 aliphatic rings. The van der Waals surface area contributed by atoms with E-state index in [0.717, 1.165) is 11.3 Å². The molecule has 0 spiro atoms. The van der Waals surface area contributed by atoms with Crippen molar-refractivity contribution in [1.29, 1.82) is 0 Å². The summed E-state index contributed by atoms with van der Waals surface area (Å²) in [5.74, 6) is 0. The fraction of sp³-hybridized carbons (Fsp3) is 0.0714. The van der Waals surface area contributed by atoms with E-state index >= 15 is 0 Å². The number of benzene rings is 5. The molecule has 0 aromatic heterocycles. The Labute approximate surface area is 171 Å². The molecule has 1 nitrogen and oxygen atoms in total. The first-order valence-electron chi connectivity index (χ1n) is 10.00. The predicted molar refractivity (Wildman–Crippen MR) is 126 cm³/mol. The van der Waals surface area contributed by atoms with Crippen LogP contribution in [0.5, 0.6) is 0 Å². The van der Waals surface area contributed by atoms with Crippen LogP contribution in [0.25, 0.3) is 43.8 Å². The number of anilines is 1. The quantitative estimate of drug-likeness (QED) is 0.251. The molecule has 0 radical (unpaired) electrons. The van der Waals surface area contributed by atoms with Gasteiger partial charge in [0.05, 0.1) is 0 Å². The SMILES string of the molecule is Cc1cc(-c2ccc(-c3c4ccccc4cc4ccccc34)cc2)c(C)cc1N. The van der Waals surface area contributed by atoms with Crippen molar-refractivity contribution in [3.8, 4) is 22.3 Å². The fourth-order valence-electron chi connectivity index (χ4n) is 4.29. The number of aryl methyl sites for hydroxylation is 2. The van der Waals surface area contributed by atoms with Crippen LogP contribution in [0.2, 0.25) is 0 Å². The van der Waals surface area contributed by atoms with Gasteiger partial charge < -0.3 is 5.73 Å². The Balaban J connectivity index is 1.71. The predicted octanol–water partition coefficient (Wildman–Crippen LogP) is 7.53. The molecule has 5 rings (SSSR count). The Morgan fingerprint density at radius 1 is 0.552 bits per heavy atom. The standard InChI is InChI=1S/C28H23N/c1-18-16-27(29)19(2)15-26(18)20-11-13-21(14-12-20)28-24-9-5-3-7-22(24)17-23-8-4-6-10-25(23)28/h3-17H,29H2,1-2H3. The normalized spacial score (nSPS) is 11.2. The van der Waals surface area contributed by atoms with Crippen molar-refractivity contribution in [3.05, 3.63) is 102 Å². The molecule has 1 heteroatoms. The van der Waals surface area contributed by atoms with Crippen LogP contribution in [0, 0.1) is 13.8 Å². The molecule has 5 aromatic rings. The lowest BCUT2D eigenvalue weighted by Crippen LogP contribution is -1.93. The van der Waals surface area contributed by atoms with Crippen LogP contribution in [0.15, 0.2) is 91.0 Å². The van der Waals surface area contributed by atoms with Crippen molar-refractivity contribution < 1.29 is 0 Å². The van der Waals surface area contributed by atoms with Crippen molar-refractivity contribution in [2.45, 2.75) is 13.8 Å². The van der Waals surface area contributed by atoms with E-state index in [0.29, 0.717) is 0 Å². The monoisotopic (exact) mass is 373 g/mol. The highest BCUT2D eigenvalue weighted by atomic mass is 14.6. The topological polar surface area (TPSA) is 26.0 Å². The van der Waals surface area contributed by atoms with Crippen LogP contribution in [0.1, 0.15) is 11.1 Å². The van der Waals surface area contributed by atoms with Crippen molar-refractivity contribution in [1.82, 2.24) is 0 Å². The van der Waals surface area contributed by atoms with Crippen LogP contribution in [0.4, 0.5) is 5.69 Å². The van der Waals surface area contributed by atoms with Gasteiger partial charge in [0.2, 0.25) is 0 Å². The van der Waals surface area contributed by atoms with E-state index in [1.807, 2.05) is 0 Å². The van der Waals surface area contributed by atoms with Crippen molar-refractivity contribution in [2.75, 3.05) is 5.73 Å². The van der Waals surface area contributed by atoms with E-state index in [9.17, 15) is 0 Å². The number of nitrogens with two attached hydrogens (primary N) is 1. The van der Waals surface area contributed by atoms with Gasteiger partial charge in [0.15, 0.2) is 0 Å². The highest BCUT2D eigenvalue weighted by Gasteiger charge is 2.11. The first-order valence-corrected chi connectivity index (χ1v) is 10.00. The molecule has 29 heavy (non-hydrogen) atoms. The molecule has 0 heterocycles. The molecular weight excluding hydrogens is 350 g/mol. The first-order chi connectivity index (χ1) is 14.1. The van der Waals surface area contributed by atoms with E-state index in [2.05, 4.69) is 105 Å². The second-order valence-electron chi connectivity index (χ2n) is 7.79. The lowest BCUT2D eigenvalue weighted by Gasteiger charge is -2.14. The van der Waals surface area contributed by atoms with E-state index in [1.165, 1.54) is 49.4 Å². The van der Waals surface area contributed by atoms with Crippen LogP contribution in [-0.4, -0.2) is 0 Å². The Bertz CT molecular complexity index is 1310. The van der Waals surface area contributed by atoms with Crippen molar-refractivity contribution in [2.24, 2.45) is 0 Å². The molecule has 0 aliphatic carbocycles. The molecule has 0 unspecified atom stereocenters. The number of hydrogen-bond donors (Lipinski definition) is 1. The maximum Gasteiger partial charge on any atom is 0.0346 e. The number of hydrogen-bond acceptors (Lipinski definition) is 1. The average Bonchev–Trinajstić information content (AvgIpc) is 2.75. The van der Waals surface area contributed by atoms with Gasteiger partial charge in [0, 0.05) is 5.69 Å². The molecule has 0 saturated carbocycles. The minimum Gasteiger partial charge on any atom is -0.399 e. The van der Waals surface area contributed by atoms with Crippen molar-refractivity contribution >= 4 is 27.2 Å². The number of fused-ring (bicyclic) bond motifs is 2. The highest BCUT2D eigenvalue weighted by molar-refractivity contribution is 6.12. The summed E-state index contributed by atoms with van der Waals surface area (Å²) in [5, 5.41) is 5.13.